The van der Waals surface area contributed by atoms with E-state index in [0.717, 1.165) is 0 Å². The van der Waals surface area contributed by atoms with Crippen molar-refractivity contribution in [3.8, 4) is 12.3 Å². The van der Waals surface area contributed by atoms with Gasteiger partial charge in [0.1, 0.15) is 0 Å². The molecule has 0 saturated heterocycles. The van der Waals surface area contributed by atoms with Crippen molar-refractivity contribution in [2.75, 3.05) is 6.61 Å². The Morgan fingerprint density at radius 2 is 2.19 bits per heavy atom. The Labute approximate surface area is 94.3 Å². The van der Waals surface area contributed by atoms with Crippen molar-refractivity contribution in [3.63, 3.8) is 0 Å². The van der Waals surface area contributed by atoms with Gasteiger partial charge in [0.15, 0.2) is 6.61 Å². The summed E-state index contributed by atoms with van der Waals surface area (Å²) in [5.74, 6) is 0.252. The zero-order valence-corrected chi connectivity index (χ0v) is 9.27. The van der Waals surface area contributed by atoms with Crippen LogP contribution in [0.1, 0.15) is 13.8 Å². The van der Waals surface area contributed by atoms with Gasteiger partial charge in [-0.2, -0.15) is 0 Å². The maximum Gasteiger partial charge on any atom is 0.331 e. The number of carboxylic acids is 1. The summed E-state index contributed by atoms with van der Waals surface area (Å²) in [7, 11) is 0. The second kappa shape index (κ2) is 4.40. The van der Waals surface area contributed by atoms with E-state index in [2.05, 4.69) is 10.7 Å². The van der Waals surface area contributed by atoms with E-state index in [1.54, 1.807) is 6.08 Å². The lowest BCUT2D eigenvalue weighted by Crippen LogP contribution is -2.03. The Morgan fingerprint density at radius 1 is 1.56 bits per heavy atom. The molecule has 1 saturated carbocycles. The van der Waals surface area contributed by atoms with Gasteiger partial charge in [0.2, 0.25) is 0 Å². The molecule has 1 fully saturated rings. The molecule has 0 aromatic carbocycles. The molecule has 0 radical (unpaired) electrons. The number of carbonyl (C=O) groups is 2. The number of hydrogen-bond donors (Lipinski definition) is 1. The summed E-state index contributed by atoms with van der Waals surface area (Å²) in [6.45, 7) is 3.64. The first-order chi connectivity index (χ1) is 7.41. The molecule has 1 aliphatic carbocycles. The molecule has 0 spiro atoms. The molecule has 0 aliphatic heterocycles. The van der Waals surface area contributed by atoms with E-state index >= 15 is 0 Å². The van der Waals surface area contributed by atoms with E-state index in [4.69, 9.17) is 11.5 Å². The van der Waals surface area contributed by atoms with Crippen LogP contribution in [0.4, 0.5) is 0 Å². The fraction of sp³-hybridized carbons (Fsp3) is 0.500. The number of carboxylic acid groups (broad SMARTS) is 1. The summed E-state index contributed by atoms with van der Waals surface area (Å²) < 4.78 is 4.62. The third-order valence-electron chi connectivity index (χ3n) is 2.91. The number of terminal acetylenes is 1. The van der Waals surface area contributed by atoms with Crippen LogP contribution in [0.5, 0.6) is 0 Å². The molecular weight excluding hydrogens is 208 g/mol. The van der Waals surface area contributed by atoms with Crippen LogP contribution in [-0.4, -0.2) is 23.7 Å². The fourth-order valence-corrected chi connectivity index (χ4v) is 1.85. The summed E-state index contributed by atoms with van der Waals surface area (Å²) in [6.07, 6.45) is 7.74. The van der Waals surface area contributed by atoms with Gasteiger partial charge in [0, 0.05) is 6.08 Å². The van der Waals surface area contributed by atoms with E-state index in [9.17, 15) is 9.59 Å². The number of rotatable bonds is 4. The van der Waals surface area contributed by atoms with E-state index in [-0.39, 0.29) is 17.9 Å². The molecule has 4 nitrogen and oxygen atoms in total. The van der Waals surface area contributed by atoms with Gasteiger partial charge in [-0.15, -0.1) is 6.42 Å². The highest BCUT2D eigenvalue weighted by Crippen LogP contribution is 2.58. The summed E-state index contributed by atoms with van der Waals surface area (Å²) in [4.78, 5) is 21.9. The number of carbonyl (C=O) groups excluding carboxylic acids is 1. The molecule has 1 N–H and O–H groups in total. The van der Waals surface area contributed by atoms with Gasteiger partial charge in [-0.1, -0.05) is 25.8 Å². The average Bonchev–Trinajstić information content (AvgIpc) is 2.74. The van der Waals surface area contributed by atoms with Gasteiger partial charge in [-0.25, -0.2) is 4.79 Å². The first kappa shape index (κ1) is 12.3. The number of esters is 1. The summed E-state index contributed by atoms with van der Waals surface area (Å²) in [6, 6.07) is 0. The lowest BCUT2D eigenvalue weighted by molar-refractivity contribution is -0.139. The van der Waals surface area contributed by atoms with E-state index in [1.807, 2.05) is 13.8 Å². The minimum absolute atomic E-state index is 0.0698. The highest BCUT2D eigenvalue weighted by atomic mass is 16.5. The van der Waals surface area contributed by atoms with Gasteiger partial charge in [0.05, 0.1) is 5.92 Å². The zero-order valence-electron chi connectivity index (χ0n) is 9.27. The van der Waals surface area contributed by atoms with Crippen molar-refractivity contribution in [3.05, 3.63) is 12.2 Å². The number of allylic oxidation sites excluding steroid dienone is 1. The lowest BCUT2D eigenvalue weighted by Gasteiger charge is -1.96. The topological polar surface area (TPSA) is 63.6 Å². The van der Waals surface area contributed by atoms with Gasteiger partial charge < -0.3 is 9.84 Å². The fourth-order valence-electron chi connectivity index (χ4n) is 1.85. The van der Waals surface area contributed by atoms with Crippen LogP contribution >= 0.6 is 0 Å². The monoisotopic (exact) mass is 222 g/mol. The Balaban J connectivity index is 2.51. The number of aliphatic carboxylic acids is 1. The molecule has 2 atom stereocenters. The van der Waals surface area contributed by atoms with Crippen LogP contribution in [0.15, 0.2) is 12.2 Å². The van der Waals surface area contributed by atoms with E-state index in [0.29, 0.717) is 0 Å². The molecule has 0 bridgehead atoms. The predicted octanol–water partition coefficient (Wildman–Crippen LogP) is 1.08. The largest absolute Gasteiger partial charge is 0.481 e. The number of ether oxygens (including phenoxy) is 1. The van der Waals surface area contributed by atoms with Crippen molar-refractivity contribution >= 4 is 11.9 Å². The highest BCUT2D eigenvalue weighted by Gasteiger charge is 2.60. The molecule has 0 amide bonds. The second-order valence-electron chi connectivity index (χ2n) is 4.33. The van der Waals surface area contributed by atoms with Crippen molar-refractivity contribution < 1.29 is 19.4 Å². The lowest BCUT2D eigenvalue weighted by atomic mass is 10.1. The average molecular weight is 222 g/mol. The van der Waals surface area contributed by atoms with Gasteiger partial charge in [-0.05, 0) is 11.3 Å². The minimum atomic E-state index is -0.836. The second-order valence-corrected chi connectivity index (χ2v) is 4.33. The minimum Gasteiger partial charge on any atom is -0.481 e. The van der Waals surface area contributed by atoms with Gasteiger partial charge in [0.25, 0.3) is 0 Å². The molecule has 16 heavy (non-hydrogen) atoms. The van der Waals surface area contributed by atoms with Gasteiger partial charge in [-0.3, -0.25) is 4.79 Å². The predicted molar refractivity (Wildman–Crippen MR) is 57.3 cm³/mol. The van der Waals surface area contributed by atoms with Crippen LogP contribution < -0.4 is 0 Å². The third kappa shape index (κ3) is 2.43. The Hall–Kier alpha value is -1.76. The molecule has 2 unspecified atom stereocenters. The van der Waals surface area contributed by atoms with Crippen molar-refractivity contribution in [1.29, 1.82) is 0 Å². The molecular formula is C12H14O4. The van der Waals surface area contributed by atoms with Crippen LogP contribution in [0, 0.1) is 29.6 Å². The van der Waals surface area contributed by atoms with Crippen LogP contribution in [0.25, 0.3) is 0 Å². The van der Waals surface area contributed by atoms with Gasteiger partial charge >= 0.3 is 11.9 Å². The Morgan fingerprint density at radius 3 is 2.62 bits per heavy atom. The SMILES string of the molecule is C#CCOC(=O)C=CC1C(C(=O)O)C1(C)C. The quantitative estimate of drug-likeness (QED) is 0.439. The van der Waals surface area contributed by atoms with Crippen molar-refractivity contribution in [2.45, 2.75) is 13.8 Å². The maximum atomic E-state index is 11.1. The first-order valence-corrected chi connectivity index (χ1v) is 4.92. The van der Waals surface area contributed by atoms with Crippen molar-refractivity contribution in [1.82, 2.24) is 0 Å². The normalized spacial score (nSPS) is 26.1. The standard InChI is InChI=1S/C12H14O4/c1-4-7-16-9(13)6-5-8-10(11(14)15)12(8,2)3/h1,5-6,8,10H,7H2,2-3H3,(H,14,15). The van der Waals surface area contributed by atoms with Crippen LogP contribution in [0.3, 0.4) is 0 Å². The molecule has 0 heterocycles. The Bertz CT molecular complexity index is 373. The Kier molecular flexibility index (Phi) is 3.38. The molecule has 0 aromatic heterocycles. The van der Waals surface area contributed by atoms with E-state index in [1.165, 1.54) is 6.08 Å². The first-order valence-electron chi connectivity index (χ1n) is 4.92. The number of hydrogen-bond acceptors (Lipinski definition) is 3. The summed E-state index contributed by atoms with van der Waals surface area (Å²) in [5.41, 5.74) is -0.297. The molecule has 1 rings (SSSR count). The van der Waals surface area contributed by atoms with Crippen LogP contribution in [-0.2, 0) is 14.3 Å². The smallest absolute Gasteiger partial charge is 0.331 e. The molecule has 86 valence electrons. The zero-order chi connectivity index (χ0) is 12.3. The van der Waals surface area contributed by atoms with E-state index < -0.39 is 17.9 Å². The summed E-state index contributed by atoms with van der Waals surface area (Å²) >= 11 is 0. The van der Waals surface area contributed by atoms with Crippen LogP contribution in [0.2, 0.25) is 0 Å². The highest BCUT2D eigenvalue weighted by molar-refractivity contribution is 5.83. The molecule has 0 aromatic rings. The molecule has 1 aliphatic rings. The maximum absolute atomic E-state index is 11.1. The van der Waals surface area contributed by atoms with Crippen molar-refractivity contribution in [2.24, 2.45) is 17.3 Å². The molecule has 4 heteroatoms. The third-order valence-corrected chi connectivity index (χ3v) is 2.91. The summed E-state index contributed by atoms with van der Waals surface area (Å²) in [5, 5.41) is 8.89.